The number of aryl methyl sites for hydroxylation is 2. The van der Waals surface area contributed by atoms with Crippen LogP contribution in [0.1, 0.15) is 38.5 Å². The second-order valence-corrected chi connectivity index (χ2v) is 6.25. The van der Waals surface area contributed by atoms with E-state index < -0.39 is 11.9 Å². The van der Waals surface area contributed by atoms with Crippen LogP contribution >= 0.6 is 11.3 Å². The molecule has 0 saturated heterocycles. The molecule has 1 atom stereocenters. The number of nitrogens with one attached hydrogen (secondary N) is 1. The molecule has 0 spiro atoms. The van der Waals surface area contributed by atoms with Gasteiger partial charge in [0.1, 0.15) is 0 Å². The van der Waals surface area contributed by atoms with E-state index in [1.807, 2.05) is 19.9 Å². The second kappa shape index (κ2) is 6.10. The third-order valence-electron chi connectivity index (χ3n) is 3.40. The van der Waals surface area contributed by atoms with Gasteiger partial charge < -0.3 is 10.4 Å². The normalized spacial score (nSPS) is 12.0. The van der Waals surface area contributed by atoms with Gasteiger partial charge in [-0.15, -0.1) is 11.3 Å². The van der Waals surface area contributed by atoms with Crippen molar-refractivity contribution in [2.24, 2.45) is 0 Å². The van der Waals surface area contributed by atoms with Crippen LogP contribution in [0.5, 0.6) is 0 Å². The molecule has 0 aliphatic carbocycles. The zero-order valence-electron chi connectivity index (χ0n) is 12.1. The van der Waals surface area contributed by atoms with Crippen LogP contribution in [0.15, 0.2) is 30.3 Å². The fraction of sp³-hybridized carbons (Fsp3) is 0.250. The zero-order chi connectivity index (χ0) is 15.6. The highest BCUT2D eigenvalue weighted by molar-refractivity contribution is 7.14. The van der Waals surface area contributed by atoms with Crippen molar-refractivity contribution >= 4 is 28.9 Å². The lowest BCUT2D eigenvalue weighted by molar-refractivity contribution is -0.138. The van der Waals surface area contributed by atoms with E-state index in [2.05, 4.69) is 5.32 Å². The molecule has 1 amide bonds. The van der Waals surface area contributed by atoms with Crippen molar-refractivity contribution in [2.75, 3.05) is 5.32 Å². The Morgan fingerprint density at radius 1 is 1.24 bits per heavy atom. The van der Waals surface area contributed by atoms with Gasteiger partial charge in [0.15, 0.2) is 0 Å². The van der Waals surface area contributed by atoms with E-state index >= 15 is 0 Å². The third kappa shape index (κ3) is 3.49. The van der Waals surface area contributed by atoms with Gasteiger partial charge in [-0.2, -0.15) is 0 Å². The van der Waals surface area contributed by atoms with Gasteiger partial charge >= 0.3 is 5.97 Å². The zero-order valence-corrected chi connectivity index (χ0v) is 13.0. The predicted octanol–water partition coefficient (Wildman–Crippen LogP) is 3.81. The summed E-state index contributed by atoms with van der Waals surface area (Å²) in [6, 6.07) is 8.80. The van der Waals surface area contributed by atoms with Crippen molar-refractivity contribution in [2.45, 2.75) is 26.7 Å². The van der Waals surface area contributed by atoms with E-state index in [0.717, 1.165) is 10.4 Å². The maximum absolute atomic E-state index is 12.2. The molecular formula is C16H17NO3S. The first-order valence-corrected chi connectivity index (χ1v) is 7.41. The molecule has 110 valence electrons. The van der Waals surface area contributed by atoms with E-state index in [9.17, 15) is 9.59 Å². The van der Waals surface area contributed by atoms with Crippen molar-refractivity contribution in [3.8, 4) is 0 Å². The van der Waals surface area contributed by atoms with Crippen LogP contribution in [0.4, 0.5) is 5.69 Å². The van der Waals surface area contributed by atoms with Crippen LogP contribution in [0.3, 0.4) is 0 Å². The van der Waals surface area contributed by atoms with Crippen LogP contribution in [-0.4, -0.2) is 17.0 Å². The molecule has 2 aromatic rings. The lowest BCUT2D eigenvalue weighted by Gasteiger charge is -2.09. The average molecular weight is 303 g/mol. The maximum atomic E-state index is 12.2. The number of rotatable bonds is 4. The lowest BCUT2D eigenvalue weighted by atomic mass is 10.0. The maximum Gasteiger partial charge on any atom is 0.310 e. The Bertz CT molecular complexity index is 671. The first kappa shape index (κ1) is 15.3. The summed E-state index contributed by atoms with van der Waals surface area (Å²) < 4.78 is 0. The van der Waals surface area contributed by atoms with Gasteiger partial charge in [-0.05, 0) is 50.1 Å². The van der Waals surface area contributed by atoms with Gasteiger partial charge in [-0.25, -0.2) is 0 Å². The first-order chi connectivity index (χ1) is 9.88. The molecule has 1 heterocycles. The Labute approximate surface area is 127 Å². The molecular weight excluding hydrogens is 286 g/mol. The predicted molar refractivity (Wildman–Crippen MR) is 84.2 cm³/mol. The van der Waals surface area contributed by atoms with Crippen LogP contribution in [0.2, 0.25) is 0 Å². The Morgan fingerprint density at radius 2 is 1.95 bits per heavy atom. The summed E-state index contributed by atoms with van der Waals surface area (Å²) in [5.41, 5.74) is 2.37. The van der Waals surface area contributed by atoms with Crippen LogP contribution in [0.25, 0.3) is 0 Å². The number of carboxylic acids is 1. The number of hydrogen-bond acceptors (Lipinski definition) is 3. The van der Waals surface area contributed by atoms with Gasteiger partial charge in [-0.1, -0.05) is 12.1 Å². The number of carbonyl (C=O) groups is 2. The molecule has 0 aliphatic heterocycles. The Kier molecular flexibility index (Phi) is 4.43. The highest BCUT2D eigenvalue weighted by atomic mass is 32.1. The molecule has 2 rings (SSSR count). The topological polar surface area (TPSA) is 66.4 Å². The number of hydrogen-bond donors (Lipinski definition) is 2. The molecule has 21 heavy (non-hydrogen) atoms. The fourth-order valence-electron chi connectivity index (χ4n) is 1.91. The number of anilines is 1. The Balaban J connectivity index is 2.18. The molecule has 0 fully saturated rings. The fourth-order valence-corrected chi connectivity index (χ4v) is 2.84. The number of benzene rings is 1. The minimum absolute atomic E-state index is 0.170. The highest BCUT2D eigenvalue weighted by Gasteiger charge is 2.15. The molecule has 2 N–H and O–H groups in total. The summed E-state index contributed by atoms with van der Waals surface area (Å²) in [7, 11) is 0. The first-order valence-electron chi connectivity index (χ1n) is 6.59. The highest BCUT2D eigenvalue weighted by Crippen LogP contribution is 2.23. The summed E-state index contributed by atoms with van der Waals surface area (Å²) >= 11 is 1.45. The van der Waals surface area contributed by atoms with Crippen molar-refractivity contribution in [3.05, 3.63) is 51.2 Å². The monoisotopic (exact) mass is 303 g/mol. The van der Waals surface area contributed by atoms with E-state index in [4.69, 9.17) is 5.11 Å². The number of carbonyl (C=O) groups excluding carboxylic acids is 1. The van der Waals surface area contributed by atoms with Crippen molar-refractivity contribution in [1.29, 1.82) is 0 Å². The Morgan fingerprint density at radius 3 is 2.52 bits per heavy atom. The smallest absolute Gasteiger partial charge is 0.310 e. The largest absolute Gasteiger partial charge is 0.481 e. The number of thiophene rings is 1. The minimum Gasteiger partial charge on any atom is -0.481 e. The minimum atomic E-state index is -0.886. The van der Waals surface area contributed by atoms with Crippen LogP contribution in [0, 0.1) is 13.8 Å². The summed E-state index contributed by atoms with van der Waals surface area (Å²) in [6.45, 7) is 5.57. The van der Waals surface area contributed by atoms with E-state index in [1.165, 1.54) is 11.3 Å². The summed E-state index contributed by atoms with van der Waals surface area (Å²) in [4.78, 5) is 25.0. The number of aliphatic carboxylic acids is 1. The third-order valence-corrected chi connectivity index (χ3v) is 4.56. The van der Waals surface area contributed by atoms with E-state index in [-0.39, 0.29) is 5.91 Å². The average Bonchev–Trinajstić information content (AvgIpc) is 2.78. The van der Waals surface area contributed by atoms with Gasteiger partial charge in [0, 0.05) is 10.6 Å². The van der Waals surface area contributed by atoms with Gasteiger partial charge in [-0.3, -0.25) is 9.59 Å². The summed E-state index contributed by atoms with van der Waals surface area (Å²) in [5, 5.41) is 11.8. The van der Waals surface area contributed by atoms with Gasteiger partial charge in [0.25, 0.3) is 5.91 Å². The molecule has 0 saturated carbocycles. The second-order valence-electron chi connectivity index (χ2n) is 4.99. The van der Waals surface area contributed by atoms with E-state index in [1.54, 1.807) is 31.2 Å². The van der Waals surface area contributed by atoms with Gasteiger partial charge in [0.2, 0.25) is 0 Å². The molecule has 1 aromatic carbocycles. The summed E-state index contributed by atoms with van der Waals surface area (Å²) in [5.74, 6) is -1.66. The summed E-state index contributed by atoms with van der Waals surface area (Å²) in [6.07, 6.45) is 0. The van der Waals surface area contributed by atoms with Gasteiger partial charge in [0.05, 0.1) is 10.8 Å². The number of carboxylic acid groups (broad SMARTS) is 1. The van der Waals surface area contributed by atoms with Crippen molar-refractivity contribution in [1.82, 2.24) is 0 Å². The van der Waals surface area contributed by atoms with E-state index in [0.29, 0.717) is 16.1 Å². The van der Waals surface area contributed by atoms with Crippen LogP contribution < -0.4 is 5.32 Å². The molecule has 0 bridgehead atoms. The standard InChI is InChI=1S/C16H17NO3S/c1-9-7-14(21-11(9)3)15(18)17-13-6-4-5-12(8-13)10(2)16(19)20/h4-8,10H,1-3H3,(H,17,18)(H,19,20). The van der Waals surface area contributed by atoms with Crippen molar-refractivity contribution in [3.63, 3.8) is 0 Å². The lowest BCUT2D eigenvalue weighted by Crippen LogP contribution is -2.12. The number of amides is 1. The SMILES string of the molecule is Cc1cc(C(=O)Nc2cccc(C(C)C(=O)O)c2)sc1C. The van der Waals surface area contributed by atoms with Crippen LogP contribution in [-0.2, 0) is 4.79 Å². The molecule has 4 nitrogen and oxygen atoms in total. The molecule has 0 radical (unpaired) electrons. The molecule has 0 aliphatic rings. The van der Waals surface area contributed by atoms with Crippen molar-refractivity contribution < 1.29 is 14.7 Å². The quantitative estimate of drug-likeness (QED) is 0.902. The molecule has 5 heteroatoms. The molecule has 1 aromatic heterocycles. The Hall–Kier alpha value is -2.14. The molecule has 1 unspecified atom stereocenters.